The molecule has 0 fully saturated rings. The fourth-order valence-corrected chi connectivity index (χ4v) is 4.96. The van der Waals surface area contributed by atoms with Crippen LogP contribution in [0.25, 0.3) is 0 Å². The van der Waals surface area contributed by atoms with E-state index in [9.17, 15) is 41.9 Å². The van der Waals surface area contributed by atoms with E-state index in [1.165, 1.54) is 69.5 Å². The highest BCUT2D eigenvalue weighted by molar-refractivity contribution is 6.40. The smallest absolute Gasteiger partial charge is 0.452 e. The molecule has 3 aromatic rings. The van der Waals surface area contributed by atoms with Crippen molar-refractivity contribution in [1.82, 2.24) is 20.9 Å². The first-order chi connectivity index (χ1) is 24.2. The summed E-state index contributed by atoms with van der Waals surface area (Å²) < 4.78 is 50.5. The van der Waals surface area contributed by atoms with Crippen molar-refractivity contribution in [2.45, 2.75) is 70.9 Å². The van der Waals surface area contributed by atoms with E-state index in [1.54, 1.807) is 39.0 Å². The molecule has 0 spiro atoms. The lowest BCUT2D eigenvalue weighted by atomic mass is 9.97. The summed E-state index contributed by atoms with van der Waals surface area (Å²) in [6.45, 7) is 7.32. The second-order valence-corrected chi connectivity index (χ2v) is 13.3. The van der Waals surface area contributed by atoms with Gasteiger partial charge >= 0.3 is 12.1 Å². The molecule has 0 radical (unpaired) electrons. The van der Waals surface area contributed by atoms with Crippen LogP contribution < -0.4 is 20.7 Å². The van der Waals surface area contributed by atoms with Crippen molar-refractivity contribution >= 4 is 46.9 Å². The van der Waals surface area contributed by atoms with Gasteiger partial charge in [-0.05, 0) is 74.2 Å². The predicted octanol–water partition coefficient (Wildman–Crippen LogP) is 4.74. The van der Waals surface area contributed by atoms with Crippen molar-refractivity contribution < 1.29 is 51.4 Å². The molecule has 3 amide bonds. The number of ether oxygens (including phenoxy) is 2. The molecule has 0 aliphatic rings. The first-order valence-electron chi connectivity index (χ1n) is 15.9. The number of hydrogen-bond acceptors (Lipinski definition) is 9. The number of rotatable bonds is 14. The van der Waals surface area contributed by atoms with Gasteiger partial charge in [-0.2, -0.15) is 13.2 Å². The summed E-state index contributed by atoms with van der Waals surface area (Å²) in [6.07, 6.45) is -5.46. The van der Waals surface area contributed by atoms with E-state index < -0.39 is 76.8 Å². The number of benzene rings is 2. The van der Waals surface area contributed by atoms with Gasteiger partial charge in [-0.3, -0.25) is 24.0 Å². The Labute approximate surface area is 302 Å². The molecule has 3 rings (SSSR count). The quantitative estimate of drug-likeness (QED) is 0.120. The van der Waals surface area contributed by atoms with Crippen molar-refractivity contribution in [2.75, 3.05) is 7.11 Å². The third kappa shape index (κ3) is 11.6. The van der Waals surface area contributed by atoms with E-state index in [0.29, 0.717) is 16.3 Å². The molecular formula is C36H38ClF3N4O8. The molecule has 0 bridgehead atoms. The Balaban J connectivity index is 1.99. The van der Waals surface area contributed by atoms with Crippen LogP contribution in [0.4, 0.5) is 13.2 Å². The summed E-state index contributed by atoms with van der Waals surface area (Å²) >= 11 is 6.15. The van der Waals surface area contributed by atoms with Gasteiger partial charge in [0.05, 0.1) is 13.2 Å². The Morgan fingerprint density at radius 2 is 1.44 bits per heavy atom. The van der Waals surface area contributed by atoms with Crippen LogP contribution in [0.1, 0.15) is 72.8 Å². The van der Waals surface area contributed by atoms with Gasteiger partial charge in [-0.15, -0.1) is 0 Å². The topological polar surface area (TPSA) is 170 Å². The maximum atomic E-state index is 14.0. The fraction of sp³-hybridized carbons (Fsp3) is 0.361. The fourth-order valence-electron chi connectivity index (χ4n) is 4.75. The van der Waals surface area contributed by atoms with Gasteiger partial charge in [-0.25, -0.2) is 9.78 Å². The predicted molar refractivity (Wildman–Crippen MR) is 183 cm³/mol. The van der Waals surface area contributed by atoms with Crippen molar-refractivity contribution in [3.05, 3.63) is 94.3 Å². The van der Waals surface area contributed by atoms with Gasteiger partial charge in [0.1, 0.15) is 34.8 Å². The number of halogens is 4. The van der Waals surface area contributed by atoms with Crippen molar-refractivity contribution in [2.24, 2.45) is 5.92 Å². The maximum Gasteiger partial charge on any atom is 0.452 e. The van der Waals surface area contributed by atoms with E-state index >= 15 is 0 Å². The first-order valence-corrected chi connectivity index (χ1v) is 16.2. The van der Waals surface area contributed by atoms with Crippen molar-refractivity contribution in [3.8, 4) is 5.75 Å². The minimum absolute atomic E-state index is 0.108. The number of hydrogen-bond donors (Lipinski definition) is 3. The number of esters is 1. The monoisotopic (exact) mass is 746 g/mol. The molecule has 12 nitrogen and oxygen atoms in total. The van der Waals surface area contributed by atoms with Crippen molar-refractivity contribution in [3.63, 3.8) is 0 Å². The average molecular weight is 747 g/mol. The van der Waals surface area contributed by atoms with Crippen LogP contribution in [0.3, 0.4) is 0 Å². The van der Waals surface area contributed by atoms with Gasteiger partial charge in [0.2, 0.25) is 11.8 Å². The molecule has 0 unspecified atom stereocenters. The van der Waals surface area contributed by atoms with E-state index in [4.69, 9.17) is 21.1 Å². The molecule has 0 saturated carbocycles. The van der Waals surface area contributed by atoms with Crippen LogP contribution in [-0.2, 0) is 30.3 Å². The Hall–Kier alpha value is -5.31. The number of amides is 3. The van der Waals surface area contributed by atoms with Crippen LogP contribution in [0.5, 0.6) is 5.75 Å². The molecule has 1 heterocycles. The number of ketones is 2. The number of methoxy groups -OCH3 is 1. The van der Waals surface area contributed by atoms with E-state index in [-0.39, 0.29) is 17.7 Å². The summed E-state index contributed by atoms with van der Waals surface area (Å²) in [4.78, 5) is 82.3. The number of carbonyl (C=O) groups is 6. The van der Waals surface area contributed by atoms with Crippen molar-refractivity contribution in [1.29, 1.82) is 0 Å². The highest BCUT2D eigenvalue weighted by Crippen LogP contribution is 2.24. The third-order valence-electron chi connectivity index (χ3n) is 7.27. The Kier molecular flexibility index (Phi) is 13.7. The average Bonchev–Trinajstić information content (AvgIpc) is 3.07. The van der Waals surface area contributed by atoms with Crippen LogP contribution in [0, 0.1) is 5.92 Å². The summed E-state index contributed by atoms with van der Waals surface area (Å²) in [5, 5.41) is 7.42. The summed E-state index contributed by atoms with van der Waals surface area (Å²) in [5.74, 6) is -8.17. The largest absolute Gasteiger partial charge is 0.497 e. The molecule has 0 aliphatic heterocycles. The van der Waals surface area contributed by atoms with Gasteiger partial charge in [-0.1, -0.05) is 55.8 Å². The zero-order valence-electron chi connectivity index (χ0n) is 29.1. The molecule has 0 saturated heterocycles. The van der Waals surface area contributed by atoms with Crippen LogP contribution in [-0.4, -0.2) is 71.2 Å². The number of pyridine rings is 1. The minimum atomic E-state index is -5.25. The zero-order chi connectivity index (χ0) is 39.0. The Morgan fingerprint density at radius 3 is 2.00 bits per heavy atom. The lowest BCUT2D eigenvalue weighted by Crippen LogP contribution is -2.55. The van der Waals surface area contributed by atoms with E-state index in [1.807, 2.05) is 0 Å². The van der Waals surface area contributed by atoms with Crippen LogP contribution >= 0.6 is 11.6 Å². The molecule has 3 N–H and O–H groups in total. The number of alkyl halides is 3. The van der Waals surface area contributed by atoms with Gasteiger partial charge in [0, 0.05) is 11.4 Å². The highest BCUT2D eigenvalue weighted by Gasteiger charge is 2.45. The summed E-state index contributed by atoms with van der Waals surface area (Å²) in [7, 11) is 1.39. The lowest BCUT2D eigenvalue weighted by molar-refractivity contribution is -0.175. The highest BCUT2D eigenvalue weighted by atomic mass is 35.5. The molecule has 3 atom stereocenters. The van der Waals surface area contributed by atoms with Gasteiger partial charge in [0.25, 0.3) is 17.5 Å². The van der Waals surface area contributed by atoms with Crippen LogP contribution in [0.2, 0.25) is 5.02 Å². The molecule has 52 heavy (non-hydrogen) atoms. The van der Waals surface area contributed by atoms with E-state index in [2.05, 4.69) is 20.9 Å². The number of nitrogens with one attached hydrogen (secondary N) is 3. The number of aromatic nitrogens is 1. The molecule has 2 aromatic carbocycles. The second kappa shape index (κ2) is 17.3. The third-order valence-corrected chi connectivity index (χ3v) is 7.51. The number of Topliss-reactive ketones (excluding diaryl/α,β-unsaturated/α-hetero) is 2. The number of nitrogens with zero attached hydrogens (tertiary/aromatic N) is 1. The first kappa shape index (κ1) is 41.1. The molecule has 16 heteroatoms. The molecule has 1 aromatic heterocycles. The van der Waals surface area contributed by atoms with E-state index in [0.717, 1.165) is 0 Å². The molecule has 278 valence electrons. The lowest BCUT2D eigenvalue weighted by Gasteiger charge is -2.27. The minimum Gasteiger partial charge on any atom is -0.497 e. The second-order valence-electron chi connectivity index (χ2n) is 12.9. The Bertz CT molecular complexity index is 1810. The molecular weight excluding hydrogens is 709 g/mol. The van der Waals surface area contributed by atoms with Crippen LogP contribution in [0.15, 0.2) is 66.7 Å². The van der Waals surface area contributed by atoms with Gasteiger partial charge in [0.15, 0.2) is 0 Å². The van der Waals surface area contributed by atoms with Gasteiger partial charge < -0.3 is 25.4 Å². The normalized spacial score (nSPS) is 13.3. The maximum absolute atomic E-state index is 14.0. The number of carbonyl (C=O) groups excluding carboxylic acids is 6. The zero-order valence-corrected chi connectivity index (χ0v) is 29.8. The standard InChI is InChI=1S/C36H38ClF3N4O8/c1-19(2)27(30(46)36(38,39)40)43-33(49)28(21-13-15-23(51-6)16-14-21)44-32(48)26(18-20-9-7-10-22(37)17-20)42-31(47)25-12-8-11-24(41-25)29(45)34(50)52-35(3,4)5/h7-17,19,26-28H,18H2,1-6H3,(H,42,47)(H,43,49)(H,44,48)/t26-,27-,28-/m0/s1. The summed E-state index contributed by atoms with van der Waals surface area (Å²) in [5.41, 5.74) is -1.16. The summed E-state index contributed by atoms with van der Waals surface area (Å²) in [6, 6.07) is 10.6. The Morgan fingerprint density at radius 1 is 0.827 bits per heavy atom. The SMILES string of the molecule is COc1ccc([C@H](NC(=O)[C@H](Cc2cccc(Cl)c2)NC(=O)c2cccc(C(=O)C(=O)OC(C)(C)C)n2)C(=O)N[C@H](C(=O)C(F)(F)F)C(C)C)cc1. The molecule has 0 aliphatic carbocycles.